The first kappa shape index (κ1) is 23.0. The first-order valence-electron chi connectivity index (χ1n) is 9.71. The van der Waals surface area contributed by atoms with Crippen LogP contribution in [0.3, 0.4) is 0 Å². The van der Waals surface area contributed by atoms with Gasteiger partial charge < -0.3 is 11.1 Å². The molecule has 0 unspecified atom stereocenters. The van der Waals surface area contributed by atoms with Crippen molar-refractivity contribution >= 4 is 55.0 Å². The second kappa shape index (κ2) is 8.63. The molecule has 13 heteroatoms. The second-order valence-corrected chi connectivity index (χ2v) is 8.98. The molecule has 9 nitrogen and oxygen atoms in total. The highest BCUT2D eigenvalue weighted by atomic mass is 79.9. The fraction of sp³-hybridized carbons (Fsp3) is 0.250. The molecule has 4 rings (SSSR count). The Labute approximate surface area is 198 Å². The topological polar surface area (TPSA) is 121 Å². The minimum Gasteiger partial charge on any atom is -0.365 e. The van der Waals surface area contributed by atoms with E-state index in [0.29, 0.717) is 27.5 Å². The van der Waals surface area contributed by atoms with Crippen LogP contribution in [-0.4, -0.2) is 36.4 Å². The highest BCUT2D eigenvalue weighted by Crippen LogP contribution is 2.43. The number of halogens is 3. The van der Waals surface area contributed by atoms with Gasteiger partial charge in [0, 0.05) is 30.2 Å². The molecule has 0 bridgehead atoms. The summed E-state index contributed by atoms with van der Waals surface area (Å²) < 4.78 is 30.8. The van der Waals surface area contributed by atoms with Crippen LogP contribution in [0.2, 0.25) is 0 Å². The standard InChI is InChI=1S/C20H18BrF2N7O2S/c1-4-30-8(2)10(6-26-30)9-5-12(17(22)23)27-20-13(9)14(16(33-20)18(24)31)28-19(32)15-11(21)7-25-29(15)3/h5-7,17H,4H2,1-3H3,(H2,24,31)(H,28,32). The first-order valence-corrected chi connectivity index (χ1v) is 11.3. The summed E-state index contributed by atoms with van der Waals surface area (Å²) in [4.78, 5) is 29.5. The Morgan fingerprint density at radius 2 is 2.00 bits per heavy atom. The molecule has 0 saturated heterocycles. The first-order chi connectivity index (χ1) is 15.6. The van der Waals surface area contributed by atoms with E-state index in [2.05, 4.69) is 36.4 Å². The van der Waals surface area contributed by atoms with Crippen molar-refractivity contribution in [2.45, 2.75) is 26.8 Å². The van der Waals surface area contributed by atoms with E-state index in [1.54, 1.807) is 17.9 Å². The molecule has 4 aromatic heterocycles. The van der Waals surface area contributed by atoms with E-state index in [0.717, 1.165) is 17.0 Å². The van der Waals surface area contributed by atoms with Crippen LogP contribution in [-0.2, 0) is 13.6 Å². The summed E-state index contributed by atoms with van der Waals surface area (Å²) in [6, 6.07) is 1.25. The third kappa shape index (κ3) is 3.91. The number of carbonyl (C=O) groups is 2. The summed E-state index contributed by atoms with van der Waals surface area (Å²) in [6.45, 7) is 4.30. The zero-order valence-electron chi connectivity index (χ0n) is 17.7. The molecule has 33 heavy (non-hydrogen) atoms. The molecule has 0 atom stereocenters. The Balaban J connectivity index is 2.01. The quantitative estimate of drug-likeness (QED) is 0.380. The van der Waals surface area contributed by atoms with Gasteiger partial charge in [-0.15, -0.1) is 11.3 Å². The predicted molar refractivity (Wildman–Crippen MR) is 124 cm³/mol. The van der Waals surface area contributed by atoms with Gasteiger partial charge in [0.15, 0.2) is 0 Å². The van der Waals surface area contributed by atoms with Gasteiger partial charge >= 0.3 is 0 Å². The van der Waals surface area contributed by atoms with E-state index >= 15 is 0 Å². The van der Waals surface area contributed by atoms with E-state index in [9.17, 15) is 18.4 Å². The number of amides is 2. The summed E-state index contributed by atoms with van der Waals surface area (Å²) in [6.07, 6.45) is 0.186. The highest BCUT2D eigenvalue weighted by molar-refractivity contribution is 9.10. The van der Waals surface area contributed by atoms with Gasteiger partial charge in [-0.1, -0.05) is 0 Å². The molecule has 2 amide bonds. The van der Waals surface area contributed by atoms with Gasteiger partial charge in [0.25, 0.3) is 18.2 Å². The number of aryl methyl sites for hydroxylation is 2. The maximum absolute atomic E-state index is 13.7. The average molecular weight is 538 g/mol. The van der Waals surface area contributed by atoms with Crippen molar-refractivity contribution in [2.24, 2.45) is 12.8 Å². The lowest BCUT2D eigenvalue weighted by molar-refractivity contribution is 0.100. The molecule has 4 heterocycles. The Kier molecular flexibility index (Phi) is 6.01. The van der Waals surface area contributed by atoms with Crippen molar-refractivity contribution in [1.82, 2.24) is 24.5 Å². The summed E-state index contributed by atoms with van der Waals surface area (Å²) in [5, 5.41) is 11.4. The number of alkyl halides is 2. The van der Waals surface area contributed by atoms with E-state index in [-0.39, 0.29) is 21.1 Å². The second-order valence-electron chi connectivity index (χ2n) is 7.12. The molecule has 0 aliphatic heterocycles. The lowest BCUT2D eigenvalue weighted by Gasteiger charge is -2.11. The van der Waals surface area contributed by atoms with Gasteiger partial charge in [0.2, 0.25) is 0 Å². The average Bonchev–Trinajstić information content (AvgIpc) is 3.42. The SMILES string of the molecule is CCn1ncc(-c2cc(C(F)F)nc3sc(C(N)=O)c(NC(=O)c4c(Br)cnn4C)c23)c1C. The number of carbonyl (C=O) groups excluding carboxylic acids is 2. The van der Waals surface area contributed by atoms with Gasteiger partial charge in [-0.2, -0.15) is 10.2 Å². The normalized spacial score (nSPS) is 11.5. The summed E-state index contributed by atoms with van der Waals surface area (Å²) in [5.41, 5.74) is 7.13. The molecular formula is C20H18BrF2N7O2S. The Hall–Kier alpha value is -3.19. The van der Waals surface area contributed by atoms with Crippen molar-refractivity contribution < 1.29 is 18.4 Å². The third-order valence-electron chi connectivity index (χ3n) is 5.17. The number of anilines is 1. The molecule has 4 aromatic rings. The Morgan fingerprint density at radius 3 is 2.55 bits per heavy atom. The Morgan fingerprint density at radius 1 is 1.27 bits per heavy atom. The number of hydrogen-bond donors (Lipinski definition) is 2. The van der Waals surface area contributed by atoms with Gasteiger partial charge in [0.05, 0.1) is 22.6 Å². The van der Waals surface area contributed by atoms with Gasteiger partial charge in [-0.25, -0.2) is 13.8 Å². The van der Waals surface area contributed by atoms with Crippen molar-refractivity contribution in [3.8, 4) is 11.1 Å². The van der Waals surface area contributed by atoms with Crippen LogP contribution >= 0.6 is 27.3 Å². The molecule has 0 aliphatic carbocycles. The fourth-order valence-electron chi connectivity index (χ4n) is 3.60. The molecule has 172 valence electrons. The van der Waals surface area contributed by atoms with E-state index in [1.165, 1.54) is 16.9 Å². The summed E-state index contributed by atoms with van der Waals surface area (Å²) in [7, 11) is 1.59. The van der Waals surface area contributed by atoms with Crippen LogP contribution in [0.1, 0.15) is 44.9 Å². The number of nitrogens with one attached hydrogen (secondary N) is 1. The molecule has 0 saturated carbocycles. The number of thiophene rings is 1. The number of fused-ring (bicyclic) bond motifs is 1. The summed E-state index contributed by atoms with van der Waals surface area (Å²) in [5.74, 6) is -1.38. The van der Waals surface area contributed by atoms with E-state index in [4.69, 9.17) is 5.73 Å². The van der Waals surface area contributed by atoms with Crippen molar-refractivity contribution in [3.63, 3.8) is 0 Å². The largest absolute Gasteiger partial charge is 0.365 e. The van der Waals surface area contributed by atoms with Crippen molar-refractivity contribution in [2.75, 3.05) is 5.32 Å². The molecule has 0 fully saturated rings. The van der Waals surface area contributed by atoms with Gasteiger partial charge in [0.1, 0.15) is 21.1 Å². The van der Waals surface area contributed by atoms with Crippen molar-refractivity contribution in [3.05, 3.63) is 44.9 Å². The maximum Gasteiger partial charge on any atom is 0.280 e. The lowest BCUT2D eigenvalue weighted by atomic mass is 10.0. The number of hydrogen-bond acceptors (Lipinski definition) is 6. The number of aromatic nitrogens is 5. The van der Waals surface area contributed by atoms with Crippen LogP contribution in [0.4, 0.5) is 14.5 Å². The number of primary amides is 1. The lowest BCUT2D eigenvalue weighted by Crippen LogP contribution is -2.19. The minimum atomic E-state index is -2.84. The van der Waals surface area contributed by atoms with Crippen LogP contribution < -0.4 is 11.1 Å². The zero-order valence-corrected chi connectivity index (χ0v) is 20.1. The summed E-state index contributed by atoms with van der Waals surface area (Å²) >= 11 is 4.12. The zero-order chi connectivity index (χ0) is 24.0. The predicted octanol–water partition coefficient (Wildman–Crippen LogP) is 4.27. The van der Waals surface area contributed by atoms with Crippen LogP contribution in [0.5, 0.6) is 0 Å². The molecule has 0 radical (unpaired) electrons. The number of nitrogens with zero attached hydrogens (tertiary/aromatic N) is 5. The van der Waals surface area contributed by atoms with Crippen LogP contribution in [0, 0.1) is 6.92 Å². The molecule has 0 aliphatic rings. The number of rotatable bonds is 6. The van der Waals surface area contributed by atoms with Crippen LogP contribution in [0.15, 0.2) is 22.9 Å². The highest BCUT2D eigenvalue weighted by Gasteiger charge is 2.27. The van der Waals surface area contributed by atoms with Gasteiger partial charge in [-0.05, 0) is 41.4 Å². The monoisotopic (exact) mass is 537 g/mol. The molecular weight excluding hydrogens is 520 g/mol. The smallest absolute Gasteiger partial charge is 0.280 e. The van der Waals surface area contributed by atoms with E-state index < -0.39 is 23.9 Å². The third-order valence-corrected chi connectivity index (χ3v) is 6.85. The fourth-order valence-corrected chi connectivity index (χ4v) is 5.15. The maximum atomic E-state index is 13.7. The Bertz CT molecular complexity index is 1390. The minimum absolute atomic E-state index is 0.00246. The number of pyridine rings is 1. The molecule has 0 aromatic carbocycles. The van der Waals surface area contributed by atoms with Crippen LogP contribution in [0.25, 0.3) is 21.3 Å². The molecule has 3 N–H and O–H groups in total. The van der Waals surface area contributed by atoms with Gasteiger partial charge in [-0.3, -0.25) is 19.0 Å². The number of nitrogens with two attached hydrogens (primary N) is 1. The molecule has 0 spiro atoms. The van der Waals surface area contributed by atoms with E-state index in [1.807, 2.05) is 13.8 Å². The van der Waals surface area contributed by atoms with Crippen molar-refractivity contribution in [1.29, 1.82) is 0 Å².